The van der Waals surface area contributed by atoms with Crippen molar-refractivity contribution in [2.24, 2.45) is 0 Å². The second-order valence-corrected chi connectivity index (χ2v) is 7.18. The van der Waals surface area contributed by atoms with Crippen molar-refractivity contribution >= 4 is 28.8 Å². The SMILES string of the molecule is CC(Nc1ccc(F)c(NC(=O)OC(C)(C)C)c1)c1cccs1. The van der Waals surface area contributed by atoms with Gasteiger partial charge in [-0.1, -0.05) is 6.07 Å². The zero-order valence-corrected chi connectivity index (χ0v) is 14.5. The van der Waals surface area contributed by atoms with E-state index in [-0.39, 0.29) is 11.7 Å². The van der Waals surface area contributed by atoms with Gasteiger partial charge in [0.25, 0.3) is 0 Å². The van der Waals surface area contributed by atoms with E-state index in [1.165, 1.54) is 10.9 Å². The van der Waals surface area contributed by atoms with Gasteiger partial charge in [-0.3, -0.25) is 5.32 Å². The van der Waals surface area contributed by atoms with Gasteiger partial charge < -0.3 is 10.1 Å². The molecule has 2 aromatic rings. The van der Waals surface area contributed by atoms with Gasteiger partial charge in [-0.05, 0) is 57.3 Å². The number of halogens is 1. The normalized spacial score (nSPS) is 12.6. The maximum atomic E-state index is 13.9. The van der Waals surface area contributed by atoms with Crippen molar-refractivity contribution in [3.05, 3.63) is 46.4 Å². The summed E-state index contributed by atoms with van der Waals surface area (Å²) in [5, 5.41) is 7.73. The highest BCUT2D eigenvalue weighted by molar-refractivity contribution is 7.10. The summed E-state index contributed by atoms with van der Waals surface area (Å²) in [5.74, 6) is -0.509. The fourth-order valence-corrected chi connectivity index (χ4v) is 2.72. The maximum Gasteiger partial charge on any atom is 0.412 e. The number of benzene rings is 1. The standard InChI is InChI=1S/C17H21FN2O2S/c1-11(15-6-5-9-23-15)19-12-7-8-13(18)14(10-12)20-16(21)22-17(2,3)4/h5-11,19H,1-4H3,(H,20,21). The van der Waals surface area contributed by atoms with Gasteiger partial charge in [0, 0.05) is 10.6 Å². The lowest BCUT2D eigenvalue weighted by atomic mass is 10.2. The Labute approximate surface area is 139 Å². The molecule has 0 spiro atoms. The van der Waals surface area contributed by atoms with Gasteiger partial charge in [0.2, 0.25) is 0 Å². The van der Waals surface area contributed by atoms with Gasteiger partial charge in [-0.25, -0.2) is 9.18 Å². The van der Waals surface area contributed by atoms with Crippen LogP contribution < -0.4 is 10.6 Å². The molecule has 0 saturated carbocycles. The fourth-order valence-electron chi connectivity index (χ4n) is 1.98. The van der Waals surface area contributed by atoms with Gasteiger partial charge in [0.15, 0.2) is 0 Å². The van der Waals surface area contributed by atoms with Crippen LogP contribution in [0.4, 0.5) is 20.6 Å². The molecular formula is C17H21FN2O2S. The number of rotatable bonds is 4. The molecule has 1 heterocycles. The molecule has 124 valence electrons. The first kappa shape index (κ1) is 17.3. The molecule has 0 aliphatic rings. The Kier molecular flexibility index (Phi) is 5.26. The third-order valence-corrected chi connectivity index (χ3v) is 4.01. The van der Waals surface area contributed by atoms with Gasteiger partial charge in [-0.15, -0.1) is 11.3 Å². The Morgan fingerprint density at radius 1 is 1.30 bits per heavy atom. The zero-order chi connectivity index (χ0) is 17.0. The lowest BCUT2D eigenvalue weighted by molar-refractivity contribution is 0.0635. The summed E-state index contributed by atoms with van der Waals surface area (Å²) < 4.78 is 19.0. The van der Waals surface area contributed by atoms with Crippen LogP contribution in [0, 0.1) is 5.82 Å². The number of ether oxygens (including phenoxy) is 1. The minimum atomic E-state index is -0.681. The van der Waals surface area contributed by atoms with Crippen LogP contribution in [0.1, 0.15) is 38.6 Å². The van der Waals surface area contributed by atoms with Crippen LogP contribution in [-0.2, 0) is 4.74 Å². The third kappa shape index (κ3) is 5.25. The monoisotopic (exact) mass is 336 g/mol. The summed E-state index contributed by atoms with van der Waals surface area (Å²) in [6, 6.07) is 8.62. The molecule has 2 rings (SSSR count). The second kappa shape index (κ2) is 7.00. The summed E-state index contributed by atoms with van der Waals surface area (Å²) in [7, 11) is 0. The molecular weight excluding hydrogens is 315 g/mol. The van der Waals surface area contributed by atoms with E-state index in [2.05, 4.69) is 10.6 Å². The number of hydrogen-bond acceptors (Lipinski definition) is 4. The van der Waals surface area contributed by atoms with Gasteiger partial charge >= 0.3 is 6.09 Å². The smallest absolute Gasteiger partial charge is 0.412 e. The van der Waals surface area contributed by atoms with E-state index in [4.69, 9.17) is 4.74 Å². The van der Waals surface area contributed by atoms with E-state index >= 15 is 0 Å². The van der Waals surface area contributed by atoms with Crippen molar-refractivity contribution in [3.8, 4) is 0 Å². The van der Waals surface area contributed by atoms with Crippen molar-refractivity contribution in [3.63, 3.8) is 0 Å². The highest BCUT2D eigenvalue weighted by Gasteiger charge is 2.17. The molecule has 1 aromatic carbocycles. The molecule has 1 amide bonds. The lowest BCUT2D eigenvalue weighted by Crippen LogP contribution is -2.27. The van der Waals surface area contributed by atoms with E-state index in [0.717, 1.165) is 5.69 Å². The van der Waals surface area contributed by atoms with E-state index in [0.29, 0.717) is 0 Å². The molecule has 6 heteroatoms. The fraction of sp³-hybridized carbons (Fsp3) is 0.353. The molecule has 4 nitrogen and oxygen atoms in total. The first-order chi connectivity index (χ1) is 10.7. The van der Waals surface area contributed by atoms with E-state index < -0.39 is 17.5 Å². The van der Waals surface area contributed by atoms with Gasteiger partial charge in [-0.2, -0.15) is 0 Å². The first-order valence-corrected chi connectivity index (χ1v) is 8.22. The Balaban J connectivity index is 2.08. The molecule has 0 aliphatic carbocycles. The molecule has 1 atom stereocenters. The van der Waals surface area contributed by atoms with E-state index in [9.17, 15) is 9.18 Å². The van der Waals surface area contributed by atoms with E-state index in [1.807, 2.05) is 24.4 Å². The number of nitrogens with one attached hydrogen (secondary N) is 2. The molecule has 0 bridgehead atoms. The average Bonchev–Trinajstić information content (AvgIpc) is 2.94. The van der Waals surface area contributed by atoms with Crippen molar-refractivity contribution in [2.45, 2.75) is 39.3 Å². The molecule has 1 aromatic heterocycles. The van der Waals surface area contributed by atoms with Crippen LogP contribution in [0.5, 0.6) is 0 Å². The van der Waals surface area contributed by atoms with Crippen LogP contribution in [-0.4, -0.2) is 11.7 Å². The highest BCUT2D eigenvalue weighted by Crippen LogP contribution is 2.26. The van der Waals surface area contributed by atoms with E-state index in [1.54, 1.807) is 44.2 Å². The summed E-state index contributed by atoms with van der Waals surface area (Å²) >= 11 is 1.65. The van der Waals surface area contributed by atoms with Crippen LogP contribution in [0.3, 0.4) is 0 Å². The summed E-state index contributed by atoms with van der Waals surface area (Å²) in [6.07, 6.45) is -0.681. The molecule has 0 saturated heterocycles. The summed E-state index contributed by atoms with van der Waals surface area (Å²) in [5.41, 5.74) is 0.172. The predicted octanol–water partition coefficient (Wildman–Crippen LogP) is 5.41. The van der Waals surface area contributed by atoms with Crippen LogP contribution in [0.2, 0.25) is 0 Å². The number of hydrogen-bond donors (Lipinski definition) is 2. The summed E-state index contributed by atoms with van der Waals surface area (Å²) in [6.45, 7) is 7.28. The number of anilines is 2. The van der Waals surface area contributed by atoms with Crippen molar-refractivity contribution in [2.75, 3.05) is 10.6 Å². The Hall–Kier alpha value is -2.08. The minimum absolute atomic E-state index is 0.0858. The Morgan fingerprint density at radius 2 is 2.04 bits per heavy atom. The predicted molar refractivity (Wildman–Crippen MR) is 92.6 cm³/mol. The largest absolute Gasteiger partial charge is 0.444 e. The molecule has 23 heavy (non-hydrogen) atoms. The first-order valence-electron chi connectivity index (χ1n) is 7.34. The number of carbonyl (C=O) groups excluding carboxylic acids is 1. The second-order valence-electron chi connectivity index (χ2n) is 6.20. The van der Waals surface area contributed by atoms with Crippen molar-refractivity contribution < 1.29 is 13.9 Å². The quantitative estimate of drug-likeness (QED) is 0.785. The van der Waals surface area contributed by atoms with Gasteiger partial charge in [0.1, 0.15) is 11.4 Å². The van der Waals surface area contributed by atoms with Crippen LogP contribution >= 0.6 is 11.3 Å². The molecule has 0 fully saturated rings. The maximum absolute atomic E-state index is 13.9. The van der Waals surface area contributed by atoms with Gasteiger partial charge in [0.05, 0.1) is 11.7 Å². The number of thiophene rings is 1. The third-order valence-electron chi connectivity index (χ3n) is 2.96. The Bertz CT molecular complexity index is 666. The molecule has 0 radical (unpaired) electrons. The molecule has 1 unspecified atom stereocenters. The van der Waals surface area contributed by atoms with Crippen LogP contribution in [0.15, 0.2) is 35.7 Å². The molecule has 2 N–H and O–H groups in total. The van der Waals surface area contributed by atoms with Crippen LogP contribution in [0.25, 0.3) is 0 Å². The Morgan fingerprint density at radius 3 is 2.65 bits per heavy atom. The number of amides is 1. The number of carbonyl (C=O) groups is 1. The van der Waals surface area contributed by atoms with Crippen molar-refractivity contribution in [1.29, 1.82) is 0 Å². The summed E-state index contributed by atoms with van der Waals surface area (Å²) in [4.78, 5) is 13.0. The highest BCUT2D eigenvalue weighted by atomic mass is 32.1. The average molecular weight is 336 g/mol. The zero-order valence-electron chi connectivity index (χ0n) is 13.6. The topological polar surface area (TPSA) is 50.4 Å². The molecule has 0 aliphatic heterocycles. The van der Waals surface area contributed by atoms with Crippen molar-refractivity contribution in [1.82, 2.24) is 0 Å². The lowest BCUT2D eigenvalue weighted by Gasteiger charge is -2.20. The minimum Gasteiger partial charge on any atom is -0.444 e.